The number of ketones is 1. The Balaban J connectivity index is 1.55. The molecule has 0 bridgehead atoms. The summed E-state index contributed by atoms with van der Waals surface area (Å²) in [5.41, 5.74) is 3.40. The van der Waals surface area contributed by atoms with E-state index in [1.807, 2.05) is 44.2 Å². The van der Waals surface area contributed by atoms with Crippen LogP contribution in [0.3, 0.4) is 0 Å². The summed E-state index contributed by atoms with van der Waals surface area (Å²) in [4.78, 5) is 41.7. The van der Waals surface area contributed by atoms with Crippen molar-refractivity contribution in [2.45, 2.75) is 33.1 Å². The lowest BCUT2D eigenvalue weighted by molar-refractivity contribution is -0.131. The van der Waals surface area contributed by atoms with Gasteiger partial charge in [-0.25, -0.2) is 0 Å². The largest absolute Gasteiger partial charge is 0.496 e. The first-order chi connectivity index (χ1) is 14.9. The maximum absolute atomic E-state index is 12.9. The van der Waals surface area contributed by atoms with Crippen LogP contribution in [-0.4, -0.2) is 60.7 Å². The molecule has 0 radical (unpaired) electrons. The minimum Gasteiger partial charge on any atom is -0.496 e. The van der Waals surface area contributed by atoms with Crippen molar-refractivity contribution in [1.82, 2.24) is 9.80 Å². The molecule has 164 valence electrons. The van der Waals surface area contributed by atoms with Crippen LogP contribution in [0.2, 0.25) is 0 Å². The molecule has 31 heavy (non-hydrogen) atoms. The molecule has 2 aromatic carbocycles. The van der Waals surface area contributed by atoms with Crippen LogP contribution in [0.25, 0.3) is 0 Å². The average molecular weight is 423 g/mol. The van der Waals surface area contributed by atoms with Gasteiger partial charge in [-0.3, -0.25) is 14.4 Å². The zero-order valence-electron chi connectivity index (χ0n) is 18.5. The van der Waals surface area contributed by atoms with E-state index in [2.05, 4.69) is 0 Å². The fourth-order valence-electron chi connectivity index (χ4n) is 3.80. The van der Waals surface area contributed by atoms with Gasteiger partial charge in [0.2, 0.25) is 5.91 Å². The Labute approximate surface area is 183 Å². The number of methoxy groups -OCH3 is 1. The molecule has 2 amide bonds. The van der Waals surface area contributed by atoms with Crippen molar-refractivity contribution in [1.29, 1.82) is 0 Å². The van der Waals surface area contributed by atoms with Crippen molar-refractivity contribution < 1.29 is 19.1 Å². The molecule has 1 aliphatic heterocycles. The molecule has 0 N–H and O–H groups in total. The normalized spacial score (nSPS) is 14.2. The molecule has 2 aromatic rings. The fourth-order valence-corrected chi connectivity index (χ4v) is 3.80. The number of hydrogen-bond donors (Lipinski definition) is 0. The molecular weight excluding hydrogens is 392 g/mol. The van der Waals surface area contributed by atoms with E-state index in [-0.39, 0.29) is 30.4 Å². The van der Waals surface area contributed by atoms with Crippen LogP contribution >= 0.6 is 0 Å². The Bertz CT molecular complexity index is 970. The number of nitrogens with zero attached hydrogens (tertiary/aromatic N) is 2. The molecule has 0 saturated carbocycles. The molecule has 6 nitrogen and oxygen atoms in total. The van der Waals surface area contributed by atoms with Crippen LogP contribution in [0, 0.1) is 13.8 Å². The van der Waals surface area contributed by atoms with Crippen molar-refractivity contribution >= 4 is 17.6 Å². The quantitative estimate of drug-likeness (QED) is 0.667. The Morgan fingerprint density at radius 3 is 2.32 bits per heavy atom. The molecule has 0 unspecified atom stereocenters. The zero-order valence-corrected chi connectivity index (χ0v) is 18.5. The van der Waals surface area contributed by atoms with Crippen molar-refractivity contribution in [3.63, 3.8) is 0 Å². The Morgan fingerprint density at radius 2 is 1.58 bits per heavy atom. The third-order valence-electron chi connectivity index (χ3n) is 5.87. The van der Waals surface area contributed by atoms with E-state index in [1.165, 1.54) is 0 Å². The van der Waals surface area contributed by atoms with E-state index in [4.69, 9.17) is 4.74 Å². The summed E-state index contributed by atoms with van der Waals surface area (Å²) in [5.74, 6) is 0.411. The predicted octanol–water partition coefficient (Wildman–Crippen LogP) is 3.65. The highest BCUT2D eigenvalue weighted by Gasteiger charge is 2.24. The van der Waals surface area contributed by atoms with Gasteiger partial charge in [0.05, 0.1) is 12.7 Å². The second-order valence-electron chi connectivity index (χ2n) is 7.95. The molecule has 0 aliphatic carbocycles. The number of carbonyl (C=O) groups excluding carboxylic acids is 3. The molecule has 6 heteroatoms. The fraction of sp³-hybridized carbons (Fsp3) is 0.400. The predicted molar refractivity (Wildman–Crippen MR) is 120 cm³/mol. The summed E-state index contributed by atoms with van der Waals surface area (Å²) in [6.07, 6.45) is 1.09. The number of benzene rings is 2. The van der Waals surface area contributed by atoms with Crippen molar-refractivity contribution in [2.75, 3.05) is 33.3 Å². The van der Waals surface area contributed by atoms with Gasteiger partial charge in [-0.1, -0.05) is 24.3 Å². The first kappa shape index (κ1) is 22.5. The van der Waals surface area contributed by atoms with Gasteiger partial charge in [-0.15, -0.1) is 0 Å². The Hall–Kier alpha value is -3.15. The van der Waals surface area contributed by atoms with Crippen molar-refractivity contribution in [2.24, 2.45) is 0 Å². The van der Waals surface area contributed by atoms with E-state index in [0.29, 0.717) is 49.5 Å². The molecule has 1 saturated heterocycles. The third-order valence-corrected chi connectivity index (χ3v) is 5.87. The standard InChI is InChI=1S/C25H30N2O4/c1-18-9-10-20(17-19(18)2)22(28)11-12-24(29)26-13-6-14-27(16-15-26)25(30)21-7-4-5-8-23(21)31-3/h4-5,7-10,17H,6,11-16H2,1-3H3. The number of hydrogen-bond acceptors (Lipinski definition) is 4. The highest BCUT2D eigenvalue weighted by Crippen LogP contribution is 2.20. The first-order valence-corrected chi connectivity index (χ1v) is 10.7. The lowest BCUT2D eigenvalue weighted by atomic mass is 10.0. The van der Waals surface area contributed by atoms with Crippen LogP contribution in [0.15, 0.2) is 42.5 Å². The van der Waals surface area contributed by atoms with Gasteiger partial charge in [0, 0.05) is 44.6 Å². The molecule has 1 heterocycles. The monoisotopic (exact) mass is 422 g/mol. The number of ether oxygens (including phenoxy) is 1. The van der Waals surface area contributed by atoms with Gasteiger partial charge in [0.15, 0.2) is 5.78 Å². The highest BCUT2D eigenvalue weighted by atomic mass is 16.5. The number of carbonyl (C=O) groups is 3. The average Bonchev–Trinajstić information content (AvgIpc) is 3.05. The summed E-state index contributed by atoms with van der Waals surface area (Å²) in [6.45, 7) is 6.10. The first-order valence-electron chi connectivity index (χ1n) is 10.7. The van der Waals surface area contributed by atoms with Crippen molar-refractivity contribution in [3.8, 4) is 5.75 Å². The van der Waals surface area contributed by atoms with E-state index >= 15 is 0 Å². The van der Waals surface area contributed by atoms with Gasteiger partial charge in [0.25, 0.3) is 5.91 Å². The van der Waals surface area contributed by atoms with Gasteiger partial charge >= 0.3 is 0 Å². The number of para-hydroxylation sites is 1. The lowest BCUT2D eigenvalue weighted by Gasteiger charge is -2.23. The van der Waals surface area contributed by atoms with Crippen molar-refractivity contribution in [3.05, 3.63) is 64.7 Å². The maximum atomic E-state index is 12.9. The molecule has 0 spiro atoms. The lowest BCUT2D eigenvalue weighted by Crippen LogP contribution is -2.37. The number of rotatable bonds is 6. The van der Waals surface area contributed by atoms with Gasteiger partial charge in [-0.2, -0.15) is 0 Å². The van der Waals surface area contributed by atoms with Crippen LogP contribution in [0.1, 0.15) is 51.1 Å². The topological polar surface area (TPSA) is 66.9 Å². The summed E-state index contributed by atoms with van der Waals surface area (Å²) in [6, 6.07) is 12.8. The third kappa shape index (κ3) is 5.51. The van der Waals surface area contributed by atoms with Gasteiger partial charge < -0.3 is 14.5 Å². The SMILES string of the molecule is COc1ccccc1C(=O)N1CCCN(C(=O)CCC(=O)c2ccc(C)c(C)c2)CC1. The van der Waals surface area contributed by atoms with Gasteiger partial charge in [0.1, 0.15) is 5.75 Å². The van der Waals surface area contributed by atoms with Crippen LogP contribution in [-0.2, 0) is 4.79 Å². The Morgan fingerprint density at radius 1 is 0.871 bits per heavy atom. The number of amides is 2. The van der Waals surface area contributed by atoms with E-state index in [0.717, 1.165) is 11.1 Å². The number of Topliss-reactive ketones (excluding diaryl/α,β-unsaturated/α-hetero) is 1. The molecule has 3 rings (SSSR count). The number of aryl methyl sites for hydroxylation is 2. The summed E-state index contributed by atoms with van der Waals surface area (Å²) in [7, 11) is 1.55. The summed E-state index contributed by atoms with van der Waals surface area (Å²) < 4.78 is 5.31. The summed E-state index contributed by atoms with van der Waals surface area (Å²) >= 11 is 0. The minimum atomic E-state index is -0.0864. The second-order valence-corrected chi connectivity index (χ2v) is 7.95. The molecular formula is C25H30N2O4. The highest BCUT2D eigenvalue weighted by molar-refractivity contribution is 5.98. The molecule has 0 aromatic heterocycles. The van der Waals surface area contributed by atoms with Crippen LogP contribution in [0.5, 0.6) is 5.75 Å². The minimum absolute atomic E-state index is 0.0146. The smallest absolute Gasteiger partial charge is 0.257 e. The second kappa shape index (κ2) is 10.2. The molecule has 1 fully saturated rings. The van der Waals surface area contributed by atoms with E-state index < -0.39 is 0 Å². The van der Waals surface area contributed by atoms with Gasteiger partial charge in [-0.05, 0) is 49.6 Å². The van der Waals surface area contributed by atoms with Crippen LogP contribution in [0.4, 0.5) is 0 Å². The maximum Gasteiger partial charge on any atom is 0.257 e. The zero-order chi connectivity index (χ0) is 22.4. The Kier molecular flexibility index (Phi) is 7.45. The van der Waals surface area contributed by atoms with Crippen LogP contribution < -0.4 is 4.74 Å². The molecule has 0 atom stereocenters. The van der Waals surface area contributed by atoms with E-state index in [1.54, 1.807) is 29.0 Å². The van der Waals surface area contributed by atoms with E-state index in [9.17, 15) is 14.4 Å². The molecule has 1 aliphatic rings. The summed E-state index contributed by atoms with van der Waals surface area (Å²) in [5, 5.41) is 0.